The molecule has 126 valence electrons. The summed E-state index contributed by atoms with van der Waals surface area (Å²) in [5.74, 6) is 0. The Balaban J connectivity index is 0.00000176. The molecule has 2 aliphatic carbocycles. The summed E-state index contributed by atoms with van der Waals surface area (Å²) in [7, 11) is 0. The maximum absolute atomic E-state index is 2.53. The van der Waals surface area contributed by atoms with Crippen LogP contribution in [0, 0.1) is 0 Å². The zero-order valence-electron chi connectivity index (χ0n) is 14.1. The van der Waals surface area contributed by atoms with E-state index in [0.717, 1.165) is 12.1 Å². The van der Waals surface area contributed by atoms with Crippen molar-refractivity contribution in [3.63, 3.8) is 0 Å². The molecule has 0 bridgehead atoms. The fraction of sp³-hybridized carbons (Fsp3) is 0.842. The third-order valence-corrected chi connectivity index (χ3v) is 5.67. The highest BCUT2D eigenvalue weighted by molar-refractivity contribution is 4.77. The first kappa shape index (κ1) is 17.8. The van der Waals surface area contributed by atoms with E-state index in [1.165, 1.54) is 89.9 Å². The van der Waals surface area contributed by atoms with Crippen molar-refractivity contribution in [3.8, 4) is 0 Å². The molecule has 0 unspecified atom stereocenters. The lowest BCUT2D eigenvalue weighted by molar-refractivity contribution is -0.724. The van der Waals surface area contributed by atoms with Gasteiger partial charge in [0.15, 0.2) is 0 Å². The molecule has 2 nitrogen and oxygen atoms in total. The molecule has 0 aliphatic heterocycles. The van der Waals surface area contributed by atoms with E-state index in [1.807, 2.05) is 0 Å². The van der Waals surface area contributed by atoms with Gasteiger partial charge in [-0.1, -0.05) is 38.5 Å². The molecule has 2 aliphatic rings. The molecule has 2 fully saturated rings. The highest BCUT2D eigenvalue weighted by Crippen LogP contribution is 2.27. The summed E-state index contributed by atoms with van der Waals surface area (Å²) in [4.78, 5) is 0. The van der Waals surface area contributed by atoms with Crippen LogP contribution in [0.25, 0.3) is 0 Å². The number of hydrogen-bond donors (Lipinski definition) is 0. The van der Waals surface area contributed by atoms with Crippen molar-refractivity contribution in [1.82, 2.24) is 4.57 Å². The first-order chi connectivity index (χ1) is 10.4. The maximum Gasteiger partial charge on any atom is 0.244 e. The Morgan fingerprint density at radius 1 is 0.682 bits per heavy atom. The van der Waals surface area contributed by atoms with Crippen LogP contribution in [0.1, 0.15) is 102 Å². The molecule has 22 heavy (non-hydrogen) atoms. The lowest BCUT2D eigenvalue weighted by atomic mass is 9.96. The summed E-state index contributed by atoms with van der Waals surface area (Å²) in [6.45, 7) is 0. The quantitative estimate of drug-likeness (QED) is 0.738. The van der Waals surface area contributed by atoms with Crippen molar-refractivity contribution in [3.05, 3.63) is 18.7 Å². The lowest BCUT2D eigenvalue weighted by Crippen LogP contribution is -3.00. The third kappa shape index (κ3) is 5.01. The molecule has 0 radical (unpaired) electrons. The smallest absolute Gasteiger partial charge is 0.244 e. The lowest BCUT2D eigenvalue weighted by Gasteiger charge is -2.18. The summed E-state index contributed by atoms with van der Waals surface area (Å²) >= 11 is 0. The second-order valence-electron chi connectivity index (χ2n) is 7.31. The largest absolute Gasteiger partial charge is 1.00 e. The Hall–Kier alpha value is -0.500. The minimum Gasteiger partial charge on any atom is -1.00 e. The van der Waals surface area contributed by atoms with Crippen LogP contribution in [0.3, 0.4) is 0 Å². The topological polar surface area (TPSA) is 8.81 Å². The van der Waals surface area contributed by atoms with Gasteiger partial charge in [-0.2, -0.15) is 0 Å². The number of imidazole rings is 1. The molecule has 3 heteroatoms. The van der Waals surface area contributed by atoms with Gasteiger partial charge in [0, 0.05) is 0 Å². The van der Waals surface area contributed by atoms with E-state index >= 15 is 0 Å². The Morgan fingerprint density at radius 3 is 1.77 bits per heavy atom. The summed E-state index contributed by atoms with van der Waals surface area (Å²) in [5.41, 5.74) is 0. The van der Waals surface area contributed by atoms with Crippen LogP contribution in [0.15, 0.2) is 18.7 Å². The van der Waals surface area contributed by atoms with Gasteiger partial charge in [0.1, 0.15) is 24.5 Å². The Kier molecular flexibility index (Phi) is 7.79. The van der Waals surface area contributed by atoms with E-state index in [-0.39, 0.29) is 12.4 Å². The number of halogens is 1. The van der Waals surface area contributed by atoms with Crippen LogP contribution in [-0.4, -0.2) is 4.57 Å². The number of nitrogens with zero attached hydrogens (tertiary/aromatic N) is 2. The van der Waals surface area contributed by atoms with Gasteiger partial charge in [-0.15, -0.1) is 0 Å². The molecule has 1 aromatic rings. The molecule has 1 heterocycles. The van der Waals surface area contributed by atoms with E-state index in [1.54, 1.807) is 0 Å². The van der Waals surface area contributed by atoms with Crippen molar-refractivity contribution >= 4 is 0 Å². The molecular formula is C19H33ClN2. The standard InChI is InChI=1S/C19H33N2.ClH/c1-3-7-11-18(12-8-4-1)20-15-16-21(17-20)19-13-9-5-2-6-10-14-19;/h15-19H,1-14H2;1H/q+1;/p-1. The SMILES string of the molecule is [Cl-].c1c[n+](C2CCCCCCC2)cn1C1CCCCCCC1. The number of aromatic nitrogens is 2. The zero-order valence-corrected chi connectivity index (χ0v) is 14.8. The Bertz CT molecular complexity index is 363. The molecule has 2 saturated carbocycles. The molecule has 0 saturated heterocycles. The average molecular weight is 325 g/mol. The fourth-order valence-electron chi connectivity index (χ4n) is 4.28. The van der Waals surface area contributed by atoms with E-state index < -0.39 is 0 Å². The number of hydrogen-bond acceptors (Lipinski definition) is 0. The van der Waals surface area contributed by atoms with Crippen LogP contribution < -0.4 is 17.0 Å². The predicted molar refractivity (Wildman–Crippen MR) is 87.3 cm³/mol. The summed E-state index contributed by atoms with van der Waals surface area (Å²) in [5, 5.41) is 0. The normalized spacial score (nSPS) is 22.9. The van der Waals surface area contributed by atoms with E-state index in [0.29, 0.717) is 0 Å². The van der Waals surface area contributed by atoms with Crippen molar-refractivity contribution in [2.45, 2.75) is 102 Å². The molecule has 0 spiro atoms. The zero-order chi connectivity index (χ0) is 14.3. The van der Waals surface area contributed by atoms with Crippen LogP contribution >= 0.6 is 0 Å². The van der Waals surface area contributed by atoms with Gasteiger partial charge < -0.3 is 12.4 Å². The second-order valence-corrected chi connectivity index (χ2v) is 7.31. The van der Waals surface area contributed by atoms with Crippen LogP contribution in [0.2, 0.25) is 0 Å². The van der Waals surface area contributed by atoms with E-state index in [4.69, 9.17) is 0 Å². The van der Waals surface area contributed by atoms with Gasteiger partial charge in [-0.3, -0.25) is 0 Å². The second kappa shape index (κ2) is 9.60. The Morgan fingerprint density at radius 2 is 1.18 bits per heavy atom. The van der Waals surface area contributed by atoms with Crippen LogP contribution in [-0.2, 0) is 0 Å². The summed E-state index contributed by atoms with van der Waals surface area (Å²) in [6, 6.07) is 1.53. The molecule has 3 rings (SSSR count). The molecular weight excluding hydrogens is 292 g/mol. The van der Waals surface area contributed by atoms with Gasteiger partial charge in [-0.25, -0.2) is 9.13 Å². The highest BCUT2D eigenvalue weighted by atomic mass is 35.5. The van der Waals surface area contributed by atoms with E-state index in [2.05, 4.69) is 27.9 Å². The summed E-state index contributed by atoms with van der Waals surface area (Å²) < 4.78 is 5.06. The van der Waals surface area contributed by atoms with Crippen molar-refractivity contribution in [1.29, 1.82) is 0 Å². The van der Waals surface area contributed by atoms with E-state index in [9.17, 15) is 0 Å². The van der Waals surface area contributed by atoms with Crippen molar-refractivity contribution in [2.75, 3.05) is 0 Å². The summed E-state index contributed by atoms with van der Waals surface area (Å²) in [6.07, 6.45) is 27.1. The average Bonchev–Trinajstić information content (AvgIpc) is 2.87. The van der Waals surface area contributed by atoms with Gasteiger partial charge in [0.05, 0.1) is 0 Å². The first-order valence-electron chi connectivity index (χ1n) is 9.52. The minimum atomic E-state index is 0. The monoisotopic (exact) mass is 324 g/mol. The minimum absolute atomic E-state index is 0. The molecule has 1 aromatic heterocycles. The predicted octanol–water partition coefficient (Wildman–Crippen LogP) is 2.35. The Labute approximate surface area is 142 Å². The van der Waals surface area contributed by atoms with Crippen LogP contribution in [0.5, 0.6) is 0 Å². The molecule has 0 amide bonds. The highest BCUT2D eigenvalue weighted by Gasteiger charge is 2.22. The molecule has 0 atom stereocenters. The van der Waals surface area contributed by atoms with Crippen molar-refractivity contribution in [2.24, 2.45) is 0 Å². The molecule has 0 N–H and O–H groups in total. The van der Waals surface area contributed by atoms with Gasteiger partial charge >= 0.3 is 0 Å². The van der Waals surface area contributed by atoms with Gasteiger partial charge in [-0.05, 0) is 51.4 Å². The first-order valence-corrected chi connectivity index (χ1v) is 9.52. The van der Waals surface area contributed by atoms with Gasteiger partial charge in [0.2, 0.25) is 6.33 Å². The van der Waals surface area contributed by atoms with Gasteiger partial charge in [0.25, 0.3) is 0 Å². The van der Waals surface area contributed by atoms with Crippen molar-refractivity contribution < 1.29 is 17.0 Å². The number of rotatable bonds is 2. The third-order valence-electron chi connectivity index (χ3n) is 5.67. The van der Waals surface area contributed by atoms with Crippen LogP contribution in [0.4, 0.5) is 0 Å². The fourth-order valence-corrected chi connectivity index (χ4v) is 4.28. The molecule has 0 aromatic carbocycles. The maximum atomic E-state index is 2.53.